The lowest BCUT2D eigenvalue weighted by Gasteiger charge is -2.26. The van der Waals surface area contributed by atoms with E-state index in [0.29, 0.717) is 23.6 Å². The van der Waals surface area contributed by atoms with Crippen molar-refractivity contribution in [2.75, 3.05) is 40.5 Å². The molecule has 6 heteroatoms. The van der Waals surface area contributed by atoms with Gasteiger partial charge in [-0.15, -0.1) is 0 Å². The molecule has 27 heavy (non-hydrogen) atoms. The largest absolute Gasteiger partial charge is 0.493 e. The topological polar surface area (TPSA) is 60.0 Å². The van der Waals surface area contributed by atoms with E-state index in [9.17, 15) is 4.79 Å². The van der Waals surface area contributed by atoms with Gasteiger partial charge in [-0.1, -0.05) is 30.3 Å². The van der Waals surface area contributed by atoms with Crippen molar-refractivity contribution in [3.05, 3.63) is 59.2 Å². The molecule has 1 fully saturated rings. The number of nitrogens with one attached hydrogen (secondary N) is 1. The van der Waals surface area contributed by atoms with Crippen molar-refractivity contribution in [1.29, 1.82) is 0 Å². The maximum atomic E-state index is 12.6. The molecular formula is C21H26N2O4. The minimum absolute atomic E-state index is 0.190. The Morgan fingerprint density at radius 2 is 1.81 bits per heavy atom. The summed E-state index contributed by atoms with van der Waals surface area (Å²) in [6.07, 6.45) is 0. The number of carbonyl (C=O) groups excluding carboxylic acids is 1. The molecule has 0 bridgehead atoms. The number of para-hydroxylation sites is 1. The summed E-state index contributed by atoms with van der Waals surface area (Å²) < 4.78 is 16.0. The van der Waals surface area contributed by atoms with E-state index < -0.39 is 0 Å². The fraction of sp³-hybridized carbons (Fsp3) is 0.381. The molecule has 0 unspecified atom stereocenters. The highest BCUT2D eigenvalue weighted by Gasteiger charge is 2.16. The van der Waals surface area contributed by atoms with Gasteiger partial charge in [0.25, 0.3) is 5.91 Å². The first-order valence-electron chi connectivity index (χ1n) is 9.08. The van der Waals surface area contributed by atoms with E-state index in [-0.39, 0.29) is 5.91 Å². The van der Waals surface area contributed by atoms with Crippen LogP contribution in [-0.4, -0.2) is 51.3 Å². The van der Waals surface area contributed by atoms with Crippen molar-refractivity contribution in [3.63, 3.8) is 0 Å². The number of morpholine rings is 1. The van der Waals surface area contributed by atoms with E-state index in [4.69, 9.17) is 14.2 Å². The van der Waals surface area contributed by atoms with Crippen molar-refractivity contribution >= 4 is 5.91 Å². The van der Waals surface area contributed by atoms with Gasteiger partial charge in [0.15, 0.2) is 11.5 Å². The monoisotopic (exact) mass is 370 g/mol. The van der Waals surface area contributed by atoms with E-state index in [1.807, 2.05) is 12.1 Å². The molecule has 3 rings (SSSR count). The second-order valence-corrected chi connectivity index (χ2v) is 6.43. The zero-order chi connectivity index (χ0) is 19.1. The standard InChI is InChI=1S/C21H26N2O4/c1-25-19-8-4-7-18(20(19)26-2)21(24)22-14-16-5-3-6-17(13-16)15-23-9-11-27-12-10-23/h3-8,13H,9-12,14-15H2,1-2H3,(H,22,24). The molecule has 1 aliphatic rings. The van der Waals surface area contributed by atoms with Crippen LogP contribution in [0.3, 0.4) is 0 Å². The molecule has 0 spiro atoms. The Hall–Kier alpha value is -2.57. The Morgan fingerprint density at radius 3 is 2.56 bits per heavy atom. The minimum atomic E-state index is -0.190. The molecule has 1 amide bonds. The SMILES string of the molecule is COc1cccc(C(=O)NCc2cccc(CN3CCOCC3)c2)c1OC. The van der Waals surface area contributed by atoms with Crippen molar-refractivity contribution < 1.29 is 19.0 Å². The summed E-state index contributed by atoms with van der Waals surface area (Å²) in [5.41, 5.74) is 2.76. The number of benzene rings is 2. The van der Waals surface area contributed by atoms with Crippen molar-refractivity contribution in [1.82, 2.24) is 10.2 Å². The fourth-order valence-electron chi connectivity index (χ4n) is 3.20. The maximum Gasteiger partial charge on any atom is 0.255 e. The highest BCUT2D eigenvalue weighted by Crippen LogP contribution is 2.30. The molecule has 1 N–H and O–H groups in total. The Kier molecular flexibility index (Phi) is 6.68. The van der Waals surface area contributed by atoms with Gasteiger partial charge in [0.1, 0.15) is 0 Å². The summed E-state index contributed by atoms with van der Waals surface area (Å²) in [7, 11) is 3.09. The lowest BCUT2D eigenvalue weighted by atomic mass is 10.1. The molecule has 6 nitrogen and oxygen atoms in total. The zero-order valence-corrected chi connectivity index (χ0v) is 15.9. The number of methoxy groups -OCH3 is 2. The van der Waals surface area contributed by atoms with Gasteiger partial charge in [-0.3, -0.25) is 9.69 Å². The molecule has 2 aromatic rings. The molecule has 0 atom stereocenters. The van der Waals surface area contributed by atoms with E-state index in [2.05, 4.69) is 22.3 Å². The molecule has 0 aromatic heterocycles. The average Bonchev–Trinajstić information content (AvgIpc) is 2.72. The first kappa shape index (κ1) is 19.2. The molecule has 0 radical (unpaired) electrons. The van der Waals surface area contributed by atoms with Gasteiger partial charge in [-0.05, 0) is 23.3 Å². The predicted molar refractivity (Wildman–Crippen MR) is 103 cm³/mol. The predicted octanol–water partition coefficient (Wildman–Crippen LogP) is 2.47. The van der Waals surface area contributed by atoms with Crippen molar-refractivity contribution in [2.24, 2.45) is 0 Å². The summed E-state index contributed by atoms with van der Waals surface area (Å²) in [6, 6.07) is 13.6. The quantitative estimate of drug-likeness (QED) is 0.811. The van der Waals surface area contributed by atoms with Crippen LogP contribution in [0.25, 0.3) is 0 Å². The Labute approximate surface area is 160 Å². The Morgan fingerprint density at radius 1 is 1.07 bits per heavy atom. The number of nitrogens with zero attached hydrogens (tertiary/aromatic N) is 1. The van der Waals surface area contributed by atoms with Crippen LogP contribution in [0.1, 0.15) is 21.5 Å². The number of ether oxygens (including phenoxy) is 3. The smallest absolute Gasteiger partial charge is 0.255 e. The van der Waals surface area contributed by atoms with Crippen LogP contribution in [0.15, 0.2) is 42.5 Å². The van der Waals surface area contributed by atoms with Gasteiger partial charge < -0.3 is 19.5 Å². The maximum absolute atomic E-state index is 12.6. The molecule has 0 aliphatic carbocycles. The summed E-state index contributed by atoms with van der Waals surface area (Å²) in [4.78, 5) is 15.0. The third kappa shape index (κ3) is 4.99. The van der Waals surface area contributed by atoms with Crippen LogP contribution in [-0.2, 0) is 17.8 Å². The van der Waals surface area contributed by atoms with Gasteiger partial charge in [0, 0.05) is 26.2 Å². The summed E-state index contributed by atoms with van der Waals surface area (Å²) in [5, 5.41) is 2.96. The van der Waals surface area contributed by atoms with Crippen LogP contribution in [0.2, 0.25) is 0 Å². The van der Waals surface area contributed by atoms with Crippen molar-refractivity contribution in [2.45, 2.75) is 13.1 Å². The van der Waals surface area contributed by atoms with E-state index in [1.165, 1.54) is 12.7 Å². The van der Waals surface area contributed by atoms with Crippen LogP contribution in [0.4, 0.5) is 0 Å². The molecule has 1 saturated heterocycles. The number of hydrogen-bond donors (Lipinski definition) is 1. The Balaban J connectivity index is 1.63. The van der Waals surface area contributed by atoms with Crippen molar-refractivity contribution in [3.8, 4) is 11.5 Å². The second kappa shape index (κ2) is 9.39. The lowest BCUT2D eigenvalue weighted by Crippen LogP contribution is -2.35. The molecule has 1 aliphatic heterocycles. The molecule has 2 aromatic carbocycles. The van der Waals surface area contributed by atoms with Gasteiger partial charge >= 0.3 is 0 Å². The number of carbonyl (C=O) groups is 1. The Bertz CT molecular complexity index is 773. The number of amides is 1. The highest BCUT2D eigenvalue weighted by molar-refractivity contribution is 5.97. The minimum Gasteiger partial charge on any atom is -0.493 e. The third-order valence-electron chi connectivity index (χ3n) is 4.60. The zero-order valence-electron chi connectivity index (χ0n) is 15.9. The second-order valence-electron chi connectivity index (χ2n) is 6.43. The first-order chi connectivity index (χ1) is 13.2. The van der Waals surface area contributed by atoms with E-state index in [1.54, 1.807) is 25.3 Å². The number of rotatable bonds is 7. The van der Waals surface area contributed by atoms with Crippen LogP contribution in [0, 0.1) is 0 Å². The van der Waals surface area contributed by atoms with E-state index >= 15 is 0 Å². The fourth-order valence-corrected chi connectivity index (χ4v) is 3.20. The van der Waals surface area contributed by atoms with Gasteiger partial charge in [0.2, 0.25) is 0 Å². The van der Waals surface area contributed by atoms with E-state index in [0.717, 1.165) is 38.4 Å². The van der Waals surface area contributed by atoms with Gasteiger partial charge in [0.05, 0.1) is 33.0 Å². The molecule has 1 heterocycles. The summed E-state index contributed by atoms with van der Waals surface area (Å²) in [6.45, 7) is 4.84. The van der Waals surface area contributed by atoms with Gasteiger partial charge in [-0.2, -0.15) is 0 Å². The normalized spacial score (nSPS) is 14.6. The summed E-state index contributed by atoms with van der Waals surface area (Å²) >= 11 is 0. The van der Waals surface area contributed by atoms with Gasteiger partial charge in [-0.25, -0.2) is 0 Å². The first-order valence-corrected chi connectivity index (χ1v) is 9.08. The van der Waals surface area contributed by atoms with Crippen LogP contribution < -0.4 is 14.8 Å². The average molecular weight is 370 g/mol. The highest BCUT2D eigenvalue weighted by atomic mass is 16.5. The molecule has 144 valence electrons. The third-order valence-corrected chi connectivity index (χ3v) is 4.60. The molecular weight excluding hydrogens is 344 g/mol. The van der Waals surface area contributed by atoms with Crippen LogP contribution >= 0.6 is 0 Å². The van der Waals surface area contributed by atoms with Crippen LogP contribution in [0.5, 0.6) is 11.5 Å². The number of hydrogen-bond acceptors (Lipinski definition) is 5. The molecule has 0 saturated carbocycles. The summed E-state index contributed by atoms with van der Waals surface area (Å²) in [5.74, 6) is 0.792. The lowest BCUT2D eigenvalue weighted by molar-refractivity contribution is 0.0342.